The highest BCUT2D eigenvalue weighted by molar-refractivity contribution is 6.28. The Kier molecular flexibility index (Phi) is 6.96. The zero-order valence-corrected chi connectivity index (χ0v) is 29.5. The second kappa shape index (κ2) is 12.3. The van der Waals surface area contributed by atoms with Gasteiger partial charge in [-0.15, -0.1) is 0 Å². The van der Waals surface area contributed by atoms with Crippen molar-refractivity contribution in [3.05, 3.63) is 188 Å². The number of hydrogen-bond donors (Lipinski definition) is 0. The van der Waals surface area contributed by atoms with E-state index in [-0.39, 0.29) is 0 Å². The Morgan fingerprint density at radius 2 is 1.15 bits per heavy atom. The maximum absolute atomic E-state index is 5.45. The van der Waals surface area contributed by atoms with Crippen molar-refractivity contribution in [2.75, 3.05) is 0 Å². The molecule has 0 amide bonds. The Balaban J connectivity index is 1.36. The Morgan fingerprint density at radius 3 is 1.94 bits per heavy atom. The summed E-state index contributed by atoms with van der Waals surface area (Å²) in [6, 6.07) is 58.8. The third kappa shape index (κ3) is 4.77. The lowest BCUT2D eigenvalue weighted by Gasteiger charge is -2.15. The molecule has 0 atom stereocenters. The fourth-order valence-electron chi connectivity index (χ4n) is 8.48. The third-order valence-corrected chi connectivity index (χ3v) is 10.9. The normalized spacial score (nSPS) is 13.1. The van der Waals surface area contributed by atoms with Crippen LogP contribution in [0.1, 0.15) is 18.5 Å². The number of hydrogen-bond acceptors (Lipinski definition) is 2. The molecule has 1 aliphatic carbocycles. The maximum Gasteiger partial charge on any atom is 0.235 e. The highest BCUT2D eigenvalue weighted by Gasteiger charge is 2.26. The second-order valence-corrected chi connectivity index (χ2v) is 14.1. The topological polar surface area (TPSA) is 35.6 Å². The summed E-state index contributed by atoms with van der Waals surface area (Å²) in [6.07, 6.45) is 8.79. The molecule has 4 heteroatoms. The largest absolute Gasteiger partial charge is 0.307 e. The summed E-state index contributed by atoms with van der Waals surface area (Å²) in [4.78, 5) is 10.9. The summed E-state index contributed by atoms with van der Waals surface area (Å²) in [5, 5.41) is 7.18. The molecule has 0 saturated carbocycles. The van der Waals surface area contributed by atoms with E-state index in [0.29, 0.717) is 5.95 Å². The number of para-hydroxylation sites is 3. The Hall–Kier alpha value is -7.04. The molecule has 11 rings (SSSR count). The molecule has 54 heavy (non-hydrogen) atoms. The predicted molar refractivity (Wildman–Crippen MR) is 225 cm³/mol. The van der Waals surface area contributed by atoms with Crippen LogP contribution in [0.5, 0.6) is 0 Å². The van der Waals surface area contributed by atoms with Crippen molar-refractivity contribution in [3.63, 3.8) is 0 Å². The van der Waals surface area contributed by atoms with Crippen molar-refractivity contribution in [2.24, 2.45) is 0 Å². The second-order valence-electron chi connectivity index (χ2n) is 14.1. The third-order valence-electron chi connectivity index (χ3n) is 10.9. The number of allylic oxidation sites excluding steroid dienone is 4. The molecule has 3 aromatic heterocycles. The maximum atomic E-state index is 5.45. The quantitative estimate of drug-likeness (QED) is 0.180. The summed E-state index contributed by atoms with van der Waals surface area (Å²) >= 11 is 0. The first-order chi connectivity index (χ1) is 26.8. The van der Waals surface area contributed by atoms with Gasteiger partial charge >= 0.3 is 0 Å². The van der Waals surface area contributed by atoms with Crippen LogP contribution in [0.3, 0.4) is 0 Å². The van der Waals surface area contributed by atoms with Gasteiger partial charge in [-0.3, -0.25) is 4.57 Å². The minimum Gasteiger partial charge on any atom is -0.307 e. The van der Waals surface area contributed by atoms with Crippen molar-refractivity contribution in [1.82, 2.24) is 19.1 Å². The van der Waals surface area contributed by atoms with Crippen LogP contribution in [-0.4, -0.2) is 19.1 Å². The van der Waals surface area contributed by atoms with Crippen LogP contribution >= 0.6 is 0 Å². The van der Waals surface area contributed by atoms with Gasteiger partial charge in [0.2, 0.25) is 5.95 Å². The van der Waals surface area contributed by atoms with Gasteiger partial charge in [0.25, 0.3) is 0 Å². The number of benzene rings is 7. The van der Waals surface area contributed by atoms with Gasteiger partial charge < -0.3 is 4.57 Å². The van der Waals surface area contributed by atoms with Crippen molar-refractivity contribution >= 4 is 60.0 Å². The molecule has 7 aromatic carbocycles. The molecule has 0 radical (unpaired) electrons. The minimum atomic E-state index is 0.652. The smallest absolute Gasteiger partial charge is 0.235 e. The summed E-state index contributed by atoms with van der Waals surface area (Å²) < 4.78 is 4.76. The van der Waals surface area contributed by atoms with Crippen LogP contribution in [0.2, 0.25) is 0 Å². The fraction of sp³-hybridized carbons (Fsp3) is 0.0400. The molecule has 0 bridgehead atoms. The zero-order chi connectivity index (χ0) is 35.6. The summed E-state index contributed by atoms with van der Waals surface area (Å²) in [5.74, 6) is 0.652. The molecule has 10 aromatic rings. The average molecular weight is 691 g/mol. The van der Waals surface area contributed by atoms with E-state index in [2.05, 4.69) is 191 Å². The molecule has 0 saturated heterocycles. The number of rotatable bonds is 5. The van der Waals surface area contributed by atoms with Gasteiger partial charge in [0.05, 0.1) is 33.5 Å². The SMILES string of the molecule is C1=CC(c2cc(-c3ccccc3)nc(-n3c4ccccc4c4c(-c5ccc6ccccc6c5)cc5c6ccccc6n(-c6ccccc6)c5c43)n2)=CCC1. The van der Waals surface area contributed by atoms with E-state index < -0.39 is 0 Å². The lowest BCUT2D eigenvalue weighted by atomic mass is 9.95. The predicted octanol–water partition coefficient (Wildman–Crippen LogP) is 12.9. The van der Waals surface area contributed by atoms with E-state index in [1.54, 1.807) is 0 Å². The van der Waals surface area contributed by atoms with Gasteiger partial charge in [0.15, 0.2) is 0 Å². The fourth-order valence-corrected chi connectivity index (χ4v) is 8.48. The Labute approximate surface area is 312 Å². The minimum absolute atomic E-state index is 0.652. The van der Waals surface area contributed by atoms with Crippen LogP contribution in [0.4, 0.5) is 0 Å². The zero-order valence-electron chi connectivity index (χ0n) is 29.5. The van der Waals surface area contributed by atoms with Crippen LogP contribution in [0, 0.1) is 0 Å². The van der Waals surface area contributed by atoms with E-state index in [0.717, 1.165) is 68.5 Å². The lowest BCUT2D eigenvalue weighted by molar-refractivity contribution is 0.977. The number of nitrogens with zero attached hydrogens (tertiary/aromatic N) is 4. The van der Waals surface area contributed by atoms with Crippen LogP contribution in [-0.2, 0) is 0 Å². The van der Waals surface area contributed by atoms with E-state index in [4.69, 9.17) is 9.97 Å². The van der Waals surface area contributed by atoms with Crippen molar-refractivity contribution < 1.29 is 0 Å². The van der Waals surface area contributed by atoms with Crippen LogP contribution < -0.4 is 0 Å². The first-order valence-electron chi connectivity index (χ1n) is 18.7. The van der Waals surface area contributed by atoms with Crippen LogP contribution in [0.25, 0.3) is 94.0 Å². The first-order valence-corrected chi connectivity index (χ1v) is 18.7. The molecule has 254 valence electrons. The molecule has 1 aliphatic rings. The van der Waals surface area contributed by atoms with Gasteiger partial charge in [-0.2, -0.15) is 0 Å². The highest BCUT2D eigenvalue weighted by atomic mass is 15.2. The summed E-state index contributed by atoms with van der Waals surface area (Å²) in [5.41, 5.74) is 11.9. The van der Waals surface area contributed by atoms with Gasteiger partial charge in [-0.05, 0) is 82.8 Å². The number of fused-ring (bicyclic) bond motifs is 8. The molecule has 4 nitrogen and oxygen atoms in total. The van der Waals surface area contributed by atoms with E-state index in [1.165, 1.54) is 38.1 Å². The standard InChI is InChI=1S/C50H34N4/c1-4-17-34(18-5-1)43-32-44(35-19-6-2-7-20-35)52-50(51-43)54-46-27-15-13-25-40(46)47-41(37-29-28-33-16-10-11-21-36(33)30-37)31-42-39-24-12-14-26-45(39)53(48(42)49(47)54)38-22-8-3-9-23-38/h1,3-6,8-32H,2,7H2. The Bertz CT molecular complexity index is 3140. The average Bonchev–Trinajstić information content (AvgIpc) is 3.77. The van der Waals surface area contributed by atoms with Gasteiger partial charge in [0, 0.05) is 32.8 Å². The van der Waals surface area contributed by atoms with E-state index in [1.807, 2.05) is 0 Å². The summed E-state index contributed by atoms with van der Waals surface area (Å²) in [6.45, 7) is 0. The van der Waals surface area contributed by atoms with Crippen molar-refractivity contribution in [1.29, 1.82) is 0 Å². The highest BCUT2D eigenvalue weighted by Crippen LogP contribution is 2.46. The monoisotopic (exact) mass is 690 g/mol. The number of aromatic nitrogens is 4. The van der Waals surface area contributed by atoms with Gasteiger partial charge in [0.1, 0.15) is 0 Å². The molecule has 3 heterocycles. The lowest BCUT2D eigenvalue weighted by Crippen LogP contribution is -2.06. The Morgan fingerprint density at radius 1 is 0.463 bits per heavy atom. The van der Waals surface area contributed by atoms with Gasteiger partial charge in [-0.1, -0.05) is 140 Å². The molecule has 0 unspecified atom stereocenters. The van der Waals surface area contributed by atoms with Crippen LogP contribution in [0.15, 0.2) is 182 Å². The van der Waals surface area contributed by atoms with E-state index in [9.17, 15) is 0 Å². The van der Waals surface area contributed by atoms with E-state index >= 15 is 0 Å². The van der Waals surface area contributed by atoms with Crippen molar-refractivity contribution in [2.45, 2.75) is 12.8 Å². The molecule has 0 aliphatic heterocycles. The first kappa shape index (κ1) is 30.6. The molecular formula is C50H34N4. The van der Waals surface area contributed by atoms with Gasteiger partial charge in [-0.25, -0.2) is 9.97 Å². The molecule has 0 N–H and O–H groups in total. The van der Waals surface area contributed by atoms with Crippen molar-refractivity contribution in [3.8, 4) is 34.0 Å². The molecule has 0 spiro atoms. The molecular weight excluding hydrogens is 657 g/mol. The summed E-state index contributed by atoms with van der Waals surface area (Å²) in [7, 11) is 0. The molecule has 0 fully saturated rings.